The molecule has 0 saturated carbocycles. The smallest absolute Gasteiger partial charge is 0.135 e. The van der Waals surface area contributed by atoms with Crippen molar-refractivity contribution in [1.29, 1.82) is 0 Å². The van der Waals surface area contributed by atoms with E-state index in [4.69, 9.17) is 25.0 Å². The Labute approximate surface area is 254 Å². The van der Waals surface area contributed by atoms with Gasteiger partial charge in [-0.3, -0.25) is 0 Å². The van der Waals surface area contributed by atoms with Gasteiger partial charge >= 0.3 is 0 Å². The summed E-state index contributed by atoms with van der Waals surface area (Å²) in [4.78, 5) is 0. The largest absolute Gasteiger partial charge is 0.456 e. The number of hydrogen-bond donors (Lipinski definition) is 0. The van der Waals surface area contributed by atoms with Gasteiger partial charge in [0.15, 0.2) is 0 Å². The molecule has 0 aliphatic carbocycles. The molecule has 0 spiro atoms. The molecule has 0 amide bonds. The number of hydrogen-bond acceptors (Lipinski definition) is 1. The molecule has 0 aliphatic rings. The first-order chi connectivity index (χ1) is 26.1. The third-order valence-corrected chi connectivity index (χ3v) is 7.42. The Bertz CT molecular complexity index is 2930. The molecule has 1 heteroatoms. The summed E-state index contributed by atoms with van der Waals surface area (Å²) in [6.45, 7) is 0. The van der Waals surface area contributed by atoms with Crippen LogP contribution in [0.25, 0.3) is 54.3 Å². The van der Waals surface area contributed by atoms with Gasteiger partial charge in [-0.05, 0) is 92.0 Å². The van der Waals surface area contributed by atoms with Crippen molar-refractivity contribution in [2.75, 3.05) is 0 Å². The Morgan fingerprint density at radius 3 is 1.90 bits per heavy atom. The van der Waals surface area contributed by atoms with Crippen LogP contribution >= 0.6 is 0 Å². The van der Waals surface area contributed by atoms with Gasteiger partial charge in [0.1, 0.15) is 11.2 Å². The van der Waals surface area contributed by atoms with E-state index in [1.165, 1.54) is 0 Å². The zero-order chi connectivity index (χ0) is 39.5. The van der Waals surface area contributed by atoms with E-state index in [-0.39, 0.29) is 68.3 Å². The Morgan fingerprint density at radius 1 is 0.500 bits per heavy atom. The van der Waals surface area contributed by atoms with Gasteiger partial charge in [0.2, 0.25) is 0 Å². The Hall–Kier alpha value is -4.88. The summed E-state index contributed by atoms with van der Waals surface area (Å²) < 4.78 is 137. The zero-order valence-corrected chi connectivity index (χ0v) is 21.1. The fourth-order valence-electron chi connectivity index (χ4n) is 5.60. The van der Waals surface area contributed by atoms with Crippen LogP contribution in [0.1, 0.15) is 42.8 Å². The topological polar surface area (TPSA) is 13.1 Å². The molecule has 0 unspecified atom stereocenters. The van der Waals surface area contributed by atoms with Crippen molar-refractivity contribution < 1.29 is 25.0 Å². The molecule has 0 bridgehead atoms. The standard InChI is InChI=1S/C39H28O/c1-2-13-29-27(10-1)11-9-12-28(29)21-22-34-30-14-3-5-16-32(30)36(33-17-6-4-15-31(33)34)24-26-20-23-39-37(25-26)35-18-7-8-19-38(35)40-39/h1-20,23,25H,21-22,24H2/i1D,2D,3D,4D,5D,6D,9D,10D,11D,12D,13D,14D,15D,16D,17D. The van der Waals surface area contributed by atoms with Crippen molar-refractivity contribution in [3.63, 3.8) is 0 Å². The second kappa shape index (κ2) is 9.39. The summed E-state index contributed by atoms with van der Waals surface area (Å²) in [5, 5.41) is 1.40. The van der Waals surface area contributed by atoms with Crippen molar-refractivity contribution in [1.82, 2.24) is 0 Å². The molecule has 1 nitrogen and oxygen atoms in total. The fraction of sp³-hybridized carbons (Fsp3) is 0.0769. The second-order valence-electron chi connectivity index (χ2n) is 9.67. The molecule has 0 atom stereocenters. The van der Waals surface area contributed by atoms with Crippen LogP contribution in [-0.4, -0.2) is 0 Å². The molecule has 1 aromatic heterocycles. The average molecular weight is 528 g/mol. The lowest BCUT2D eigenvalue weighted by Crippen LogP contribution is -1.99. The molecule has 0 N–H and O–H groups in total. The lowest BCUT2D eigenvalue weighted by Gasteiger charge is -2.18. The van der Waals surface area contributed by atoms with Gasteiger partial charge in [-0.2, -0.15) is 0 Å². The van der Waals surface area contributed by atoms with Crippen molar-refractivity contribution in [3.8, 4) is 0 Å². The molecule has 40 heavy (non-hydrogen) atoms. The predicted molar refractivity (Wildman–Crippen MR) is 169 cm³/mol. The summed E-state index contributed by atoms with van der Waals surface area (Å²) in [5.41, 5.74) is 2.36. The van der Waals surface area contributed by atoms with Gasteiger partial charge < -0.3 is 4.42 Å². The van der Waals surface area contributed by atoms with Gasteiger partial charge in [0, 0.05) is 10.8 Å². The maximum absolute atomic E-state index is 9.17. The normalized spacial score (nSPS) is 17.1. The number of furan rings is 1. The monoisotopic (exact) mass is 527 g/mol. The van der Waals surface area contributed by atoms with Crippen molar-refractivity contribution >= 4 is 54.3 Å². The number of aryl methyl sites for hydroxylation is 2. The summed E-state index contributed by atoms with van der Waals surface area (Å²) in [6.07, 6.45) is -0.439. The molecule has 8 aromatic rings. The van der Waals surface area contributed by atoms with E-state index < -0.39 is 90.6 Å². The van der Waals surface area contributed by atoms with Crippen LogP contribution in [0.5, 0.6) is 0 Å². The second-order valence-corrected chi connectivity index (χ2v) is 9.67. The highest BCUT2D eigenvalue weighted by Crippen LogP contribution is 2.37. The maximum atomic E-state index is 9.17. The third kappa shape index (κ3) is 3.78. The summed E-state index contributed by atoms with van der Waals surface area (Å²) in [5.74, 6) is 0. The first-order valence-electron chi connectivity index (χ1n) is 20.4. The minimum atomic E-state index is -0.603. The molecular weight excluding hydrogens is 484 g/mol. The van der Waals surface area contributed by atoms with Crippen LogP contribution in [-0.2, 0) is 19.3 Å². The lowest BCUT2D eigenvalue weighted by molar-refractivity contribution is 0.669. The highest BCUT2D eigenvalue weighted by Gasteiger charge is 2.15. The highest BCUT2D eigenvalue weighted by molar-refractivity contribution is 6.07. The molecule has 0 fully saturated rings. The Kier molecular flexibility index (Phi) is 2.94. The predicted octanol–water partition coefficient (Wildman–Crippen LogP) is 10.4. The fourth-order valence-corrected chi connectivity index (χ4v) is 5.60. The summed E-state index contributed by atoms with van der Waals surface area (Å²) >= 11 is 0. The minimum absolute atomic E-state index is 0.00399. The van der Waals surface area contributed by atoms with Crippen LogP contribution in [0, 0.1) is 0 Å². The number of fused-ring (bicyclic) bond motifs is 6. The first kappa shape index (κ1) is 12.5. The summed E-state index contributed by atoms with van der Waals surface area (Å²) in [7, 11) is 0. The molecule has 190 valence electrons. The zero-order valence-electron chi connectivity index (χ0n) is 36.1. The van der Waals surface area contributed by atoms with Crippen LogP contribution in [0.3, 0.4) is 0 Å². The third-order valence-electron chi connectivity index (χ3n) is 7.42. The first-order valence-corrected chi connectivity index (χ1v) is 12.9. The molecule has 0 saturated heterocycles. The van der Waals surface area contributed by atoms with E-state index in [9.17, 15) is 0 Å². The van der Waals surface area contributed by atoms with Gasteiger partial charge in [-0.15, -0.1) is 0 Å². The maximum Gasteiger partial charge on any atom is 0.135 e. The van der Waals surface area contributed by atoms with E-state index in [1.54, 1.807) is 12.1 Å². The van der Waals surface area contributed by atoms with Crippen LogP contribution in [0.15, 0.2) is 138 Å². The van der Waals surface area contributed by atoms with Crippen molar-refractivity contribution in [2.45, 2.75) is 19.3 Å². The number of rotatable bonds is 5. The van der Waals surface area contributed by atoms with E-state index in [0.717, 1.165) is 10.8 Å². The quantitative estimate of drug-likeness (QED) is 0.203. The van der Waals surface area contributed by atoms with Gasteiger partial charge in [0.25, 0.3) is 0 Å². The number of para-hydroxylation sites is 1. The molecular formula is C39H28O. The van der Waals surface area contributed by atoms with E-state index in [0.29, 0.717) is 16.7 Å². The van der Waals surface area contributed by atoms with E-state index >= 15 is 0 Å². The lowest BCUT2D eigenvalue weighted by atomic mass is 9.86. The molecule has 1 heterocycles. The summed E-state index contributed by atoms with van der Waals surface area (Å²) in [6, 6.07) is 5.21. The van der Waals surface area contributed by atoms with Crippen molar-refractivity contribution in [2.24, 2.45) is 0 Å². The van der Waals surface area contributed by atoms with Gasteiger partial charge in [-0.1, -0.05) is 115 Å². The van der Waals surface area contributed by atoms with Crippen LogP contribution in [0.2, 0.25) is 0 Å². The molecule has 0 aliphatic heterocycles. The minimum Gasteiger partial charge on any atom is -0.456 e. The Morgan fingerprint density at radius 2 is 1.12 bits per heavy atom. The van der Waals surface area contributed by atoms with Crippen LogP contribution < -0.4 is 0 Å². The average Bonchev–Trinajstić information content (AvgIpc) is 3.55. The van der Waals surface area contributed by atoms with Crippen molar-refractivity contribution in [3.05, 3.63) is 155 Å². The van der Waals surface area contributed by atoms with E-state index in [1.807, 2.05) is 30.3 Å². The van der Waals surface area contributed by atoms with Crippen LogP contribution in [0.4, 0.5) is 0 Å². The SMILES string of the molecule is [2H]c1c([2H])c([2H])c2c(CCc3c4c([2H])c([2H])c([2H])c([2H])c4c(Cc4ccc5oc6ccccc6c5c4)c4c([2H])c([2H])c([2H])c([2H])c34)c([2H])c([2H])c([2H])c2c1[2H]. The highest BCUT2D eigenvalue weighted by atomic mass is 16.3. The molecule has 0 radical (unpaired) electrons. The van der Waals surface area contributed by atoms with E-state index in [2.05, 4.69) is 0 Å². The Balaban J connectivity index is 1.45. The molecule has 7 aromatic carbocycles. The van der Waals surface area contributed by atoms with Gasteiger partial charge in [0.05, 0.1) is 20.6 Å². The molecule has 8 rings (SSSR count). The number of benzene rings is 7. The van der Waals surface area contributed by atoms with Gasteiger partial charge in [-0.25, -0.2) is 0 Å².